The highest BCUT2D eigenvalue weighted by atomic mass is 16.5. The largest absolute Gasteiger partial charge is 0.493 e. The molecule has 0 radical (unpaired) electrons. The maximum atomic E-state index is 10.8. The fourth-order valence-electron chi connectivity index (χ4n) is 2.36. The number of hydrogen-bond acceptors (Lipinski definition) is 4. The quantitative estimate of drug-likeness (QED) is 0.775. The monoisotopic (exact) mass is 279 g/mol. The van der Waals surface area contributed by atoms with Gasteiger partial charge in [0.25, 0.3) is 0 Å². The Morgan fingerprint density at radius 3 is 3.05 bits per heavy atom. The van der Waals surface area contributed by atoms with Gasteiger partial charge < -0.3 is 14.6 Å². The van der Waals surface area contributed by atoms with E-state index in [-0.39, 0.29) is 6.54 Å². The Labute approximate surface area is 119 Å². The van der Waals surface area contributed by atoms with E-state index in [1.807, 2.05) is 11.0 Å². The molecule has 0 aliphatic carbocycles. The van der Waals surface area contributed by atoms with Gasteiger partial charge in [0.05, 0.1) is 19.8 Å². The zero-order valence-corrected chi connectivity index (χ0v) is 11.8. The molecule has 5 heteroatoms. The first-order valence-corrected chi connectivity index (χ1v) is 6.86. The normalized spacial score (nSPS) is 13.3. The third-order valence-corrected chi connectivity index (χ3v) is 3.44. The Balaban J connectivity index is 1.89. The van der Waals surface area contributed by atoms with Crippen molar-refractivity contribution in [2.24, 2.45) is 0 Å². The summed E-state index contributed by atoms with van der Waals surface area (Å²) in [6.45, 7) is 2.71. The van der Waals surface area contributed by atoms with Crippen LogP contribution in [0.3, 0.4) is 0 Å². The number of benzene rings is 1. The second-order valence-electron chi connectivity index (χ2n) is 4.95. The summed E-state index contributed by atoms with van der Waals surface area (Å²) in [5.41, 5.74) is 2.48. The SMILES string of the molecule is COCCN(CCc1ccc2c(c1)CCO2)CC(=O)O. The van der Waals surface area contributed by atoms with E-state index in [1.165, 1.54) is 11.1 Å². The van der Waals surface area contributed by atoms with Crippen LogP contribution in [0.4, 0.5) is 0 Å². The van der Waals surface area contributed by atoms with Crippen molar-refractivity contribution in [1.29, 1.82) is 0 Å². The molecule has 0 saturated heterocycles. The molecule has 2 rings (SSSR count). The van der Waals surface area contributed by atoms with Crippen molar-refractivity contribution in [1.82, 2.24) is 4.90 Å². The van der Waals surface area contributed by atoms with E-state index in [4.69, 9.17) is 14.6 Å². The second kappa shape index (κ2) is 7.26. The van der Waals surface area contributed by atoms with Crippen LogP contribution in [-0.2, 0) is 22.4 Å². The first kappa shape index (κ1) is 14.8. The van der Waals surface area contributed by atoms with Crippen molar-refractivity contribution in [3.63, 3.8) is 0 Å². The first-order valence-electron chi connectivity index (χ1n) is 6.86. The van der Waals surface area contributed by atoms with Gasteiger partial charge in [-0.05, 0) is 23.6 Å². The van der Waals surface area contributed by atoms with Gasteiger partial charge in [-0.25, -0.2) is 0 Å². The standard InChI is InChI=1S/C15H21NO4/c1-19-9-7-16(11-15(17)18)6-4-12-2-3-14-13(10-12)5-8-20-14/h2-3,10H,4-9,11H2,1H3,(H,17,18). The molecule has 110 valence electrons. The average molecular weight is 279 g/mol. The van der Waals surface area contributed by atoms with Crippen LogP contribution in [0.15, 0.2) is 18.2 Å². The predicted molar refractivity (Wildman–Crippen MR) is 75.3 cm³/mol. The molecule has 20 heavy (non-hydrogen) atoms. The molecule has 0 amide bonds. The van der Waals surface area contributed by atoms with Crippen LogP contribution in [0.25, 0.3) is 0 Å². The number of hydrogen-bond donors (Lipinski definition) is 1. The molecule has 1 aromatic carbocycles. The first-order chi connectivity index (χ1) is 9.69. The van der Waals surface area contributed by atoms with Crippen LogP contribution in [0.2, 0.25) is 0 Å². The van der Waals surface area contributed by atoms with Gasteiger partial charge in [-0.2, -0.15) is 0 Å². The zero-order chi connectivity index (χ0) is 14.4. The minimum atomic E-state index is -0.802. The summed E-state index contributed by atoms with van der Waals surface area (Å²) in [5, 5.41) is 8.91. The average Bonchev–Trinajstić information content (AvgIpc) is 2.88. The fourth-order valence-corrected chi connectivity index (χ4v) is 2.36. The summed E-state index contributed by atoms with van der Waals surface area (Å²) in [6, 6.07) is 6.23. The maximum absolute atomic E-state index is 10.8. The molecule has 1 aromatic rings. The van der Waals surface area contributed by atoms with Crippen LogP contribution < -0.4 is 4.74 Å². The molecule has 0 spiro atoms. The van der Waals surface area contributed by atoms with Crippen LogP contribution in [0.5, 0.6) is 5.75 Å². The van der Waals surface area contributed by atoms with Gasteiger partial charge >= 0.3 is 5.97 Å². The predicted octanol–water partition coefficient (Wildman–Crippen LogP) is 1.20. The number of ether oxygens (including phenoxy) is 2. The minimum Gasteiger partial charge on any atom is -0.493 e. The Morgan fingerprint density at radius 1 is 1.45 bits per heavy atom. The Kier molecular flexibility index (Phi) is 5.38. The molecular formula is C15H21NO4. The molecule has 1 aliphatic rings. The highest BCUT2D eigenvalue weighted by Gasteiger charge is 2.13. The summed E-state index contributed by atoms with van der Waals surface area (Å²) in [7, 11) is 1.62. The van der Waals surface area contributed by atoms with Crippen molar-refractivity contribution in [3.8, 4) is 5.75 Å². The highest BCUT2D eigenvalue weighted by Crippen LogP contribution is 2.25. The van der Waals surface area contributed by atoms with E-state index in [9.17, 15) is 4.79 Å². The molecule has 0 bridgehead atoms. The molecule has 0 aromatic heterocycles. The zero-order valence-electron chi connectivity index (χ0n) is 11.8. The molecule has 1 N–H and O–H groups in total. The number of carboxylic acids is 1. The van der Waals surface area contributed by atoms with Crippen LogP contribution in [0, 0.1) is 0 Å². The second-order valence-corrected chi connectivity index (χ2v) is 4.95. The molecule has 1 aliphatic heterocycles. The molecule has 0 fully saturated rings. The van der Waals surface area contributed by atoms with Gasteiger partial charge in [0.2, 0.25) is 0 Å². The van der Waals surface area contributed by atoms with Gasteiger partial charge in [-0.15, -0.1) is 0 Å². The summed E-state index contributed by atoms with van der Waals surface area (Å²) in [4.78, 5) is 12.7. The fraction of sp³-hybridized carbons (Fsp3) is 0.533. The van der Waals surface area contributed by atoms with E-state index < -0.39 is 5.97 Å². The molecule has 1 heterocycles. The van der Waals surface area contributed by atoms with Gasteiger partial charge in [-0.3, -0.25) is 9.69 Å². The van der Waals surface area contributed by atoms with Crippen LogP contribution >= 0.6 is 0 Å². The van der Waals surface area contributed by atoms with Crippen molar-refractivity contribution in [3.05, 3.63) is 29.3 Å². The summed E-state index contributed by atoms with van der Waals surface area (Å²) < 4.78 is 10.5. The van der Waals surface area contributed by atoms with E-state index >= 15 is 0 Å². The topological polar surface area (TPSA) is 59.0 Å². The molecule has 0 atom stereocenters. The molecule has 0 saturated carbocycles. The van der Waals surface area contributed by atoms with Gasteiger partial charge in [0, 0.05) is 26.6 Å². The molecular weight excluding hydrogens is 258 g/mol. The van der Waals surface area contributed by atoms with Gasteiger partial charge in [0.1, 0.15) is 5.75 Å². The lowest BCUT2D eigenvalue weighted by molar-refractivity contribution is -0.138. The van der Waals surface area contributed by atoms with Gasteiger partial charge in [-0.1, -0.05) is 12.1 Å². The van der Waals surface area contributed by atoms with E-state index in [0.29, 0.717) is 13.2 Å². The number of rotatable bonds is 8. The minimum absolute atomic E-state index is 0.0530. The number of fused-ring (bicyclic) bond motifs is 1. The van der Waals surface area contributed by atoms with Crippen molar-refractivity contribution in [2.75, 3.05) is 40.0 Å². The lowest BCUT2D eigenvalue weighted by atomic mass is 10.1. The van der Waals surface area contributed by atoms with Gasteiger partial charge in [0.15, 0.2) is 0 Å². The molecule has 5 nitrogen and oxygen atoms in total. The maximum Gasteiger partial charge on any atom is 0.317 e. The van der Waals surface area contributed by atoms with Crippen molar-refractivity contribution in [2.45, 2.75) is 12.8 Å². The highest BCUT2D eigenvalue weighted by molar-refractivity contribution is 5.69. The number of aliphatic carboxylic acids is 1. The number of carbonyl (C=O) groups is 1. The van der Waals surface area contributed by atoms with E-state index in [0.717, 1.165) is 31.7 Å². The van der Waals surface area contributed by atoms with Crippen molar-refractivity contribution < 1.29 is 19.4 Å². The third-order valence-electron chi connectivity index (χ3n) is 3.44. The van der Waals surface area contributed by atoms with Crippen LogP contribution in [0.1, 0.15) is 11.1 Å². The smallest absolute Gasteiger partial charge is 0.317 e. The van der Waals surface area contributed by atoms with E-state index in [2.05, 4.69) is 12.1 Å². The molecule has 0 unspecified atom stereocenters. The lowest BCUT2D eigenvalue weighted by Crippen LogP contribution is -2.34. The lowest BCUT2D eigenvalue weighted by Gasteiger charge is -2.19. The Bertz CT molecular complexity index is 461. The number of carboxylic acid groups (broad SMARTS) is 1. The number of nitrogens with zero attached hydrogens (tertiary/aromatic N) is 1. The summed E-state index contributed by atoms with van der Waals surface area (Å²) >= 11 is 0. The van der Waals surface area contributed by atoms with Crippen LogP contribution in [-0.4, -0.2) is 55.9 Å². The van der Waals surface area contributed by atoms with Crippen molar-refractivity contribution >= 4 is 5.97 Å². The third kappa shape index (κ3) is 4.21. The number of methoxy groups -OCH3 is 1. The summed E-state index contributed by atoms with van der Waals surface area (Å²) in [5.74, 6) is 0.180. The van der Waals surface area contributed by atoms with E-state index in [1.54, 1.807) is 7.11 Å². The summed E-state index contributed by atoms with van der Waals surface area (Å²) in [6.07, 6.45) is 1.80. The Hall–Kier alpha value is -1.59. The Morgan fingerprint density at radius 2 is 2.30 bits per heavy atom.